The number of nitrogens with zero attached hydrogens (tertiary/aromatic N) is 1. The van der Waals surface area contributed by atoms with Gasteiger partial charge in [-0.25, -0.2) is 12.8 Å². The second kappa shape index (κ2) is 8.69. The van der Waals surface area contributed by atoms with Gasteiger partial charge in [-0.05, 0) is 30.2 Å². The molecule has 0 radical (unpaired) electrons. The van der Waals surface area contributed by atoms with Crippen LogP contribution < -0.4 is 15.4 Å². The van der Waals surface area contributed by atoms with E-state index in [-0.39, 0.29) is 42.7 Å². The highest BCUT2D eigenvalue weighted by Crippen LogP contribution is 2.29. The number of anilines is 2. The van der Waals surface area contributed by atoms with Crippen molar-refractivity contribution in [2.45, 2.75) is 18.9 Å². The van der Waals surface area contributed by atoms with Gasteiger partial charge >= 0.3 is 0 Å². The molecule has 2 aromatic rings. The molecule has 1 aliphatic rings. The Labute approximate surface area is 164 Å². The van der Waals surface area contributed by atoms with Gasteiger partial charge in [0.25, 0.3) is 0 Å². The molecule has 3 N–H and O–H groups in total. The molecule has 0 spiro atoms. The highest BCUT2D eigenvalue weighted by atomic mass is 35.5. The first-order valence-electron chi connectivity index (χ1n) is 8.27. The van der Waals surface area contributed by atoms with Gasteiger partial charge in [-0.1, -0.05) is 30.3 Å². The van der Waals surface area contributed by atoms with Crippen molar-refractivity contribution in [1.29, 1.82) is 0 Å². The minimum absolute atomic E-state index is 0. The molecule has 2 aromatic carbocycles. The number of amides is 1. The summed E-state index contributed by atoms with van der Waals surface area (Å²) in [4.78, 5) is 12.2. The van der Waals surface area contributed by atoms with Crippen molar-refractivity contribution >= 4 is 39.7 Å². The van der Waals surface area contributed by atoms with Crippen molar-refractivity contribution in [2.75, 3.05) is 21.9 Å². The Morgan fingerprint density at radius 2 is 1.93 bits per heavy atom. The molecular weight excluding hydrogens is 393 g/mol. The first-order valence-corrected chi connectivity index (χ1v) is 9.88. The van der Waals surface area contributed by atoms with E-state index in [4.69, 9.17) is 5.73 Å². The van der Waals surface area contributed by atoms with Gasteiger partial charge in [-0.3, -0.25) is 9.10 Å². The molecule has 0 aliphatic carbocycles. The normalized spacial score (nSPS) is 16.4. The molecular formula is C18H21ClFN3O3S. The SMILES string of the molecule is Cl.NC(CC(=O)Nc1ccc(F)c(N2CCCS2(=O)=O)c1)c1ccccc1. The summed E-state index contributed by atoms with van der Waals surface area (Å²) < 4.78 is 39.2. The molecule has 3 rings (SSSR count). The summed E-state index contributed by atoms with van der Waals surface area (Å²) in [5.41, 5.74) is 7.15. The maximum atomic E-state index is 14.1. The van der Waals surface area contributed by atoms with Crippen LogP contribution in [0.25, 0.3) is 0 Å². The Hall–Kier alpha value is -2.16. The van der Waals surface area contributed by atoms with Crippen molar-refractivity contribution in [1.82, 2.24) is 0 Å². The average molecular weight is 414 g/mol. The van der Waals surface area contributed by atoms with E-state index >= 15 is 0 Å². The van der Waals surface area contributed by atoms with Crippen molar-refractivity contribution < 1.29 is 17.6 Å². The molecule has 6 nitrogen and oxygen atoms in total. The third-order valence-electron chi connectivity index (χ3n) is 4.23. The van der Waals surface area contributed by atoms with Crippen molar-refractivity contribution in [2.24, 2.45) is 5.73 Å². The topological polar surface area (TPSA) is 92.5 Å². The first-order chi connectivity index (χ1) is 12.4. The maximum absolute atomic E-state index is 14.1. The zero-order valence-electron chi connectivity index (χ0n) is 14.5. The minimum Gasteiger partial charge on any atom is -0.326 e. The second-order valence-electron chi connectivity index (χ2n) is 6.18. The molecule has 0 saturated carbocycles. The number of carbonyl (C=O) groups excluding carboxylic acids is 1. The Kier molecular flexibility index (Phi) is 6.80. The van der Waals surface area contributed by atoms with E-state index in [0.29, 0.717) is 12.1 Å². The van der Waals surface area contributed by atoms with Gasteiger partial charge in [-0.2, -0.15) is 0 Å². The summed E-state index contributed by atoms with van der Waals surface area (Å²) in [6.07, 6.45) is 0.503. The van der Waals surface area contributed by atoms with E-state index in [1.807, 2.05) is 30.3 Å². The smallest absolute Gasteiger partial charge is 0.235 e. The summed E-state index contributed by atoms with van der Waals surface area (Å²) >= 11 is 0. The Balaban J connectivity index is 0.00000261. The lowest BCUT2D eigenvalue weighted by Gasteiger charge is -2.19. The van der Waals surface area contributed by atoms with Crippen molar-refractivity contribution in [3.8, 4) is 0 Å². The Bertz CT molecular complexity index is 909. The average Bonchev–Trinajstić information content (AvgIpc) is 2.96. The van der Waals surface area contributed by atoms with E-state index in [9.17, 15) is 17.6 Å². The third-order valence-corrected chi connectivity index (χ3v) is 6.09. The Morgan fingerprint density at radius 1 is 1.22 bits per heavy atom. The standard InChI is InChI=1S/C18H20FN3O3S.ClH/c19-15-8-7-14(11-17(15)22-9-4-10-26(22,24)25)21-18(23)12-16(20)13-5-2-1-3-6-13;/h1-3,5-8,11,16H,4,9-10,12,20H2,(H,21,23);1H. The van der Waals surface area contributed by atoms with Gasteiger partial charge in [0.15, 0.2) is 0 Å². The van der Waals surface area contributed by atoms with Crippen LogP contribution >= 0.6 is 12.4 Å². The van der Waals surface area contributed by atoms with Crippen LogP contribution in [0.15, 0.2) is 48.5 Å². The lowest BCUT2D eigenvalue weighted by molar-refractivity contribution is -0.116. The predicted octanol–water partition coefficient (Wildman–Crippen LogP) is 2.82. The maximum Gasteiger partial charge on any atom is 0.235 e. The fourth-order valence-electron chi connectivity index (χ4n) is 2.92. The molecule has 9 heteroatoms. The highest BCUT2D eigenvalue weighted by Gasteiger charge is 2.30. The number of carbonyl (C=O) groups is 1. The molecule has 1 aliphatic heterocycles. The van der Waals surface area contributed by atoms with Crippen LogP contribution in [0.5, 0.6) is 0 Å². The number of nitrogens with two attached hydrogens (primary N) is 1. The van der Waals surface area contributed by atoms with Gasteiger partial charge in [0, 0.05) is 24.7 Å². The lowest BCUT2D eigenvalue weighted by Crippen LogP contribution is -2.26. The monoisotopic (exact) mass is 413 g/mol. The quantitative estimate of drug-likeness (QED) is 0.788. The van der Waals surface area contributed by atoms with Gasteiger partial charge in [-0.15, -0.1) is 12.4 Å². The molecule has 27 heavy (non-hydrogen) atoms. The van der Waals surface area contributed by atoms with Gasteiger partial charge in [0.1, 0.15) is 5.82 Å². The lowest BCUT2D eigenvalue weighted by atomic mass is 10.0. The number of hydrogen-bond donors (Lipinski definition) is 2. The van der Waals surface area contributed by atoms with E-state index in [1.165, 1.54) is 12.1 Å². The van der Waals surface area contributed by atoms with Crippen molar-refractivity contribution in [3.63, 3.8) is 0 Å². The zero-order valence-corrected chi connectivity index (χ0v) is 16.1. The summed E-state index contributed by atoms with van der Waals surface area (Å²) in [5, 5.41) is 2.65. The third kappa shape index (κ3) is 4.97. The molecule has 1 amide bonds. The second-order valence-corrected chi connectivity index (χ2v) is 8.19. The molecule has 0 aromatic heterocycles. The van der Waals surface area contributed by atoms with E-state index in [0.717, 1.165) is 15.9 Å². The van der Waals surface area contributed by atoms with Crippen LogP contribution in [0, 0.1) is 5.82 Å². The number of sulfonamides is 1. The number of benzene rings is 2. The summed E-state index contributed by atoms with van der Waals surface area (Å²) in [5.74, 6) is -0.979. The first kappa shape index (κ1) is 21.1. The number of rotatable bonds is 5. The van der Waals surface area contributed by atoms with Crippen LogP contribution in [-0.4, -0.2) is 26.6 Å². The predicted molar refractivity (Wildman–Crippen MR) is 106 cm³/mol. The summed E-state index contributed by atoms with van der Waals surface area (Å²) in [6.45, 7) is 0.232. The van der Waals surface area contributed by atoms with E-state index < -0.39 is 21.9 Å². The fraction of sp³-hybridized carbons (Fsp3) is 0.278. The van der Waals surface area contributed by atoms with E-state index in [1.54, 1.807) is 0 Å². The largest absolute Gasteiger partial charge is 0.326 e. The highest BCUT2D eigenvalue weighted by molar-refractivity contribution is 7.93. The molecule has 0 bridgehead atoms. The van der Waals surface area contributed by atoms with Crippen LogP contribution in [0.3, 0.4) is 0 Å². The van der Waals surface area contributed by atoms with Gasteiger partial charge in [0.2, 0.25) is 15.9 Å². The van der Waals surface area contributed by atoms with E-state index in [2.05, 4.69) is 5.32 Å². The molecule has 1 unspecified atom stereocenters. The number of halogens is 2. The zero-order chi connectivity index (χ0) is 18.7. The number of hydrogen-bond acceptors (Lipinski definition) is 4. The molecule has 1 atom stereocenters. The van der Waals surface area contributed by atoms with Crippen LogP contribution in [0.2, 0.25) is 0 Å². The summed E-state index contributed by atoms with van der Waals surface area (Å²) in [7, 11) is -3.50. The van der Waals surface area contributed by atoms with Crippen LogP contribution in [-0.2, 0) is 14.8 Å². The number of nitrogens with one attached hydrogen (secondary N) is 1. The fourth-order valence-corrected chi connectivity index (χ4v) is 4.48. The molecule has 1 heterocycles. The molecule has 146 valence electrons. The van der Waals surface area contributed by atoms with Crippen LogP contribution in [0.1, 0.15) is 24.4 Å². The van der Waals surface area contributed by atoms with Gasteiger partial charge in [0.05, 0.1) is 11.4 Å². The summed E-state index contributed by atoms with van der Waals surface area (Å²) in [6, 6.07) is 12.6. The van der Waals surface area contributed by atoms with Crippen molar-refractivity contribution in [3.05, 3.63) is 59.9 Å². The Morgan fingerprint density at radius 3 is 2.56 bits per heavy atom. The molecule has 1 saturated heterocycles. The minimum atomic E-state index is -3.50. The van der Waals surface area contributed by atoms with Gasteiger partial charge < -0.3 is 11.1 Å². The molecule has 1 fully saturated rings. The van der Waals surface area contributed by atoms with Crippen LogP contribution in [0.4, 0.5) is 15.8 Å².